The van der Waals surface area contributed by atoms with Gasteiger partial charge >= 0.3 is 0 Å². The van der Waals surface area contributed by atoms with Crippen molar-refractivity contribution in [3.8, 4) is 5.75 Å². The molecule has 1 atom stereocenters. The molecular formula is C32H41N3O5S. The van der Waals surface area contributed by atoms with E-state index in [1.54, 1.807) is 68.6 Å². The first kappa shape index (κ1) is 31.7. The van der Waals surface area contributed by atoms with Gasteiger partial charge in [0.1, 0.15) is 18.3 Å². The first-order valence-electron chi connectivity index (χ1n) is 13.7. The summed E-state index contributed by atoms with van der Waals surface area (Å²) >= 11 is 0. The standard InChI is InChI=1S/C32H41N3O5S/c1-8-28(31(37)33-32(4,5)6)34(21-25-15-17-26(40-7)18-16-25)30(36)22-35(29-12-10-9-11-24(29)3)41(38,39)27-19-13-23(2)14-20-27/h9-20,28H,8,21-22H2,1-7H3,(H,33,37). The average molecular weight is 580 g/mol. The van der Waals surface area contributed by atoms with Crippen LogP contribution in [0.1, 0.15) is 50.8 Å². The quantitative estimate of drug-likeness (QED) is 0.336. The fourth-order valence-electron chi connectivity index (χ4n) is 4.49. The van der Waals surface area contributed by atoms with Crippen LogP contribution in [0.15, 0.2) is 77.7 Å². The molecule has 0 saturated carbocycles. The van der Waals surface area contributed by atoms with E-state index in [0.717, 1.165) is 15.4 Å². The van der Waals surface area contributed by atoms with E-state index in [1.807, 2.05) is 52.8 Å². The number of ether oxygens (including phenoxy) is 1. The van der Waals surface area contributed by atoms with Crippen LogP contribution in [0.2, 0.25) is 0 Å². The number of amides is 2. The van der Waals surface area contributed by atoms with E-state index in [0.29, 0.717) is 23.4 Å². The third kappa shape index (κ3) is 8.10. The number of methoxy groups -OCH3 is 1. The van der Waals surface area contributed by atoms with Crippen molar-refractivity contribution in [3.05, 3.63) is 89.5 Å². The molecule has 0 bridgehead atoms. The molecule has 9 heteroatoms. The third-order valence-electron chi connectivity index (χ3n) is 6.67. The van der Waals surface area contributed by atoms with E-state index in [1.165, 1.54) is 4.90 Å². The van der Waals surface area contributed by atoms with Gasteiger partial charge in [-0.1, -0.05) is 55.0 Å². The molecule has 8 nitrogen and oxygen atoms in total. The largest absolute Gasteiger partial charge is 0.497 e. The summed E-state index contributed by atoms with van der Waals surface area (Å²) in [5, 5.41) is 2.98. The zero-order chi connectivity index (χ0) is 30.4. The number of anilines is 1. The summed E-state index contributed by atoms with van der Waals surface area (Å²) in [5.74, 6) is -0.125. The molecular weight excluding hydrogens is 538 g/mol. The summed E-state index contributed by atoms with van der Waals surface area (Å²) in [4.78, 5) is 29.2. The maximum atomic E-state index is 14.2. The number of carbonyl (C=O) groups excluding carboxylic acids is 2. The highest BCUT2D eigenvalue weighted by atomic mass is 32.2. The summed E-state index contributed by atoms with van der Waals surface area (Å²) in [6.45, 7) is 10.8. The van der Waals surface area contributed by atoms with Crippen LogP contribution in [-0.4, -0.2) is 50.4 Å². The molecule has 220 valence electrons. The normalized spacial score (nSPS) is 12.4. The van der Waals surface area contributed by atoms with Crippen LogP contribution in [0, 0.1) is 13.8 Å². The first-order chi connectivity index (χ1) is 19.3. The van der Waals surface area contributed by atoms with Crippen LogP contribution in [-0.2, 0) is 26.2 Å². The fraction of sp³-hybridized carbons (Fsp3) is 0.375. The Balaban J connectivity index is 2.08. The molecule has 0 radical (unpaired) electrons. The van der Waals surface area contributed by atoms with Gasteiger partial charge in [0.25, 0.3) is 10.0 Å². The van der Waals surface area contributed by atoms with E-state index >= 15 is 0 Å². The van der Waals surface area contributed by atoms with Gasteiger partial charge in [-0.05, 0) is 82.5 Å². The van der Waals surface area contributed by atoms with Gasteiger partial charge in [0, 0.05) is 12.1 Å². The van der Waals surface area contributed by atoms with Crippen molar-refractivity contribution in [2.24, 2.45) is 0 Å². The number of hydrogen-bond donors (Lipinski definition) is 1. The van der Waals surface area contributed by atoms with E-state index in [2.05, 4.69) is 5.32 Å². The van der Waals surface area contributed by atoms with Crippen LogP contribution < -0.4 is 14.4 Å². The number of nitrogens with one attached hydrogen (secondary N) is 1. The number of sulfonamides is 1. The second-order valence-electron chi connectivity index (χ2n) is 11.1. The molecule has 0 heterocycles. The molecule has 0 aliphatic carbocycles. The van der Waals surface area contributed by atoms with Crippen LogP contribution in [0.25, 0.3) is 0 Å². The van der Waals surface area contributed by atoms with E-state index < -0.39 is 34.1 Å². The van der Waals surface area contributed by atoms with Gasteiger partial charge < -0.3 is 15.0 Å². The zero-order valence-electron chi connectivity index (χ0n) is 25.0. The van der Waals surface area contributed by atoms with E-state index in [9.17, 15) is 18.0 Å². The van der Waals surface area contributed by atoms with Crippen molar-refractivity contribution < 1.29 is 22.7 Å². The minimum absolute atomic E-state index is 0.0818. The number of rotatable bonds is 11. The van der Waals surface area contributed by atoms with Gasteiger partial charge in [-0.3, -0.25) is 13.9 Å². The molecule has 0 saturated heterocycles. The molecule has 2 amide bonds. The van der Waals surface area contributed by atoms with Crippen LogP contribution >= 0.6 is 0 Å². The Morgan fingerprint density at radius 3 is 2.07 bits per heavy atom. The molecule has 1 N–H and O–H groups in total. The monoisotopic (exact) mass is 579 g/mol. The summed E-state index contributed by atoms with van der Waals surface area (Å²) in [6.07, 6.45) is 0.346. The predicted octanol–water partition coefficient (Wildman–Crippen LogP) is 5.23. The molecule has 0 aliphatic rings. The van der Waals surface area contributed by atoms with Gasteiger partial charge in [0.2, 0.25) is 11.8 Å². The molecule has 0 aliphatic heterocycles. The smallest absolute Gasteiger partial charge is 0.264 e. The van der Waals surface area contributed by atoms with Crippen LogP contribution in [0.3, 0.4) is 0 Å². The number of nitrogens with zero attached hydrogens (tertiary/aromatic N) is 2. The van der Waals surface area contributed by atoms with Crippen LogP contribution in [0.4, 0.5) is 5.69 Å². The molecule has 3 aromatic carbocycles. The summed E-state index contributed by atoms with van der Waals surface area (Å²) < 4.78 is 34.4. The van der Waals surface area contributed by atoms with E-state index in [-0.39, 0.29) is 17.3 Å². The van der Waals surface area contributed by atoms with Gasteiger partial charge in [-0.2, -0.15) is 0 Å². The number of hydrogen-bond acceptors (Lipinski definition) is 5. The molecule has 0 spiro atoms. The molecule has 3 aromatic rings. The Morgan fingerprint density at radius 2 is 1.54 bits per heavy atom. The van der Waals surface area contributed by atoms with Crippen molar-refractivity contribution in [2.45, 2.75) is 71.0 Å². The van der Waals surface area contributed by atoms with Gasteiger partial charge in [-0.25, -0.2) is 8.42 Å². The number of para-hydroxylation sites is 1. The Labute approximate surface area is 244 Å². The van der Waals surface area contributed by atoms with Crippen molar-refractivity contribution in [1.29, 1.82) is 0 Å². The predicted molar refractivity (Wildman–Crippen MR) is 162 cm³/mol. The van der Waals surface area contributed by atoms with Gasteiger partial charge in [-0.15, -0.1) is 0 Å². The third-order valence-corrected chi connectivity index (χ3v) is 8.44. The molecule has 41 heavy (non-hydrogen) atoms. The summed E-state index contributed by atoms with van der Waals surface area (Å²) in [6, 6.07) is 20.0. The Bertz CT molecular complexity index is 1450. The number of aryl methyl sites for hydroxylation is 2. The average Bonchev–Trinajstić information content (AvgIpc) is 2.91. The Hall–Kier alpha value is -3.85. The fourth-order valence-corrected chi connectivity index (χ4v) is 5.97. The van der Waals surface area contributed by atoms with Crippen molar-refractivity contribution in [3.63, 3.8) is 0 Å². The Kier molecular flexibility index (Phi) is 10.2. The molecule has 1 unspecified atom stereocenters. The van der Waals surface area contributed by atoms with Crippen molar-refractivity contribution in [2.75, 3.05) is 18.0 Å². The lowest BCUT2D eigenvalue weighted by Gasteiger charge is -2.35. The minimum atomic E-state index is -4.12. The first-order valence-corrected chi connectivity index (χ1v) is 15.1. The highest BCUT2D eigenvalue weighted by molar-refractivity contribution is 7.92. The second kappa shape index (κ2) is 13.2. The summed E-state index contributed by atoms with van der Waals surface area (Å²) in [5.41, 5.74) is 2.29. The SMILES string of the molecule is CCC(C(=O)NC(C)(C)C)N(Cc1ccc(OC)cc1)C(=O)CN(c1ccccc1C)S(=O)(=O)c1ccc(C)cc1. The summed E-state index contributed by atoms with van der Waals surface area (Å²) in [7, 11) is -2.54. The van der Waals surface area contributed by atoms with Crippen molar-refractivity contribution >= 4 is 27.5 Å². The van der Waals surface area contributed by atoms with Gasteiger partial charge in [0.15, 0.2) is 0 Å². The maximum absolute atomic E-state index is 14.2. The maximum Gasteiger partial charge on any atom is 0.264 e. The lowest BCUT2D eigenvalue weighted by Crippen LogP contribution is -2.55. The highest BCUT2D eigenvalue weighted by Crippen LogP contribution is 2.28. The molecule has 3 rings (SSSR count). The topological polar surface area (TPSA) is 96.0 Å². The van der Waals surface area contributed by atoms with Crippen LogP contribution in [0.5, 0.6) is 5.75 Å². The van der Waals surface area contributed by atoms with Crippen molar-refractivity contribution in [1.82, 2.24) is 10.2 Å². The minimum Gasteiger partial charge on any atom is -0.497 e. The highest BCUT2D eigenvalue weighted by Gasteiger charge is 2.35. The lowest BCUT2D eigenvalue weighted by molar-refractivity contribution is -0.141. The van der Waals surface area contributed by atoms with E-state index in [4.69, 9.17) is 4.74 Å². The lowest BCUT2D eigenvalue weighted by atomic mass is 10.1. The Morgan fingerprint density at radius 1 is 0.927 bits per heavy atom. The van der Waals surface area contributed by atoms with Gasteiger partial charge in [0.05, 0.1) is 17.7 Å². The zero-order valence-corrected chi connectivity index (χ0v) is 25.8. The second-order valence-corrected chi connectivity index (χ2v) is 13.0. The number of carbonyl (C=O) groups is 2. The number of benzene rings is 3. The molecule has 0 fully saturated rings. The molecule has 0 aromatic heterocycles.